The highest BCUT2D eigenvalue weighted by Crippen LogP contribution is 2.51. The van der Waals surface area contributed by atoms with Crippen molar-refractivity contribution in [1.29, 1.82) is 0 Å². The van der Waals surface area contributed by atoms with Gasteiger partial charge in [0, 0.05) is 47.5 Å². The van der Waals surface area contributed by atoms with Gasteiger partial charge in [0.25, 0.3) is 0 Å². The van der Waals surface area contributed by atoms with Crippen molar-refractivity contribution < 1.29 is 14.3 Å². The first-order valence-corrected chi connectivity index (χ1v) is 9.24. The van der Waals surface area contributed by atoms with Gasteiger partial charge >= 0.3 is 0 Å². The number of carbonyl (C=O) groups excluding carboxylic acids is 1. The molecule has 0 spiro atoms. The van der Waals surface area contributed by atoms with E-state index in [-0.39, 0.29) is 18.1 Å². The van der Waals surface area contributed by atoms with E-state index in [4.69, 9.17) is 15.2 Å². The Morgan fingerprint density at radius 1 is 1.35 bits per heavy atom. The van der Waals surface area contributed by atoms with Gasteiger partial charge in [0.2, 0.25) is 0 Å². The Hall–Kier alpha value is -2.40. The molecular weight excluding hydrogens is 328 g/mol. The van der Waals surface area contributed by atoms with Gasteiger partial charge in [-0.15, -0.1) is 0 Å². The van der Waals surface area contributed by atoms with E-state index in [0.29, 0.717) is 18.9 Å². The van der Waals surface area contributed by atoms with Crippen molar-refractivity contribution in [2.24, 2.45) is 17.6 Å². The number of pyridine rings is 1. The predicted octanol–water partition coefficient (Wildman–Crippen LogP) is 3.52. The molecule has 0 amide bonds. The van der Waals surface area contributed by atoms with Crippen molar-refractivity contribution in [3.8, 4) is 22.6 Å². The number of fused-ring (bicyclic) bond motifs is 3. The molecule has 2 unspecified atom stereocenters. The largest absolute Gasteiger partial charge is 0.492 e. The molecule has 26 heavy (non-hydrogen) atoms. The van der Waals surface area contributed by atoms with Crippen molar-refractivity contribution >= 4 is 6.29 Å². The van der Waals surface area contributed by atoms with Gasteiger partial charge in [-0.1, -0.05) is 6.92 Å². The Balaban J connectivity index is 1.52. The van der Waals surface area contributed by atoms with Crippen LogP contribution >= 0.6 is 0 Å². The lowest BCUT2D eigenvalue weighted by atomic mass is 9.92. The summed E-state index contributed by atoms with van der Waals surface area (Å²) in [6, 6.07) is 7.82. The molecule has 2 heterocycles. The maximum absolute atomic E-state index is 10.7. The minimum atomic E-state index is -0.168. The predicted molar refractivity (Wildman–Crippen MR) is 99.1 cm³/mol. The molecule has 5 nitrogen and oxygen atoms in total. The molecule has 1 aliphatic carbocycles. The number of benzene rings is 1. The lowest BCUT2D eigenvalue weighted by Crippen LogP contribution is -2.30. The number of aldehydes is 1. The number of rotatable bonds is 7. The zero-order valence-electron chi connectivity index (χ0n) is 14.9. The van der Waals surface area contributed by atoms with E-state index in [9.17, 15) is 4.79 Å². The number of aromatic nitrogens is 1. The third-order valence-electron chi connectivity index (χ3n) is 5.08. The highest BCUT2D eigenvalue weighted by atomic mass is 16.5. The number of hydrogen-bond acceptors (Lipinski definition) is 5. The van der Waals surface area contributed by atoms with Crippen molar-refractivity contribution in [3.05, 3.63) is 42.2 Å². The first-order chi connectivity index (χ1) is 12.7. The summed E-state index contributed by atoms with van der Waals surface area (Å²) in [5, 5.41) is 0. The third kappa shape index (κ3) is 3.44. The van der Waals surface area contributed by atoms with Crippen LogP contribution < -0.4 is 15.2 Å². The SMILES string of the molecule is CC(C=O)C[C@H](N)COc1ccc2c(c1)OC(C1CC1)c1cnccc1-2. The number of carbonyl (C=O) groups is 1. The van der Waals surface area contributed by atoms with Gasteiger partial charge in [0.1, 0.15) is 30.5 Å². The molecule has 1 fully saturated rings. The Labute approximate surface area is 153 Å². The van der Waals surface area contributed by atoms with E-state index in [1.165, 1.54) is 24.0 Å². The second kappa shape index (κ2) is 7.08. The number of hydrogen-bond donors (Lipinski definition) is 1. The maximum Gasteiger partial charge on any atom is 0.131 e. The Morgan fingerprint density at radius 3 is 2.96 bits per heavy atom. The average Bonchev–Trinajstić information content (AvgIpc) is 3.50. The van der Waals surface area contributed by atoms with E-state index in [0.717, 1.165) is 23.3 Å². The van der Waals surface area contributed by atoms with Crippen LogP contribution in [0.2, 0.25) is 0 Å². The van der Waals surface area contributed by atoms with Crippen LogP contribution in [0.15, 0.2) is 36.7 Å². The molecule has 3 atom stereocenters. The van der Waals surface area contributed by atoms with E-state index in [1.807, 2.05) is 37.5 Å². The molecular formula is C21H24N2O3. The summed E-state index contributed by atoms with van der Waals surface area (Å²) in [6.07, 6.45) is 7.79. The lowest BCUT2D eigenvalue weighted by molar-refractivity contribution is -0.110. The van der Waals surface area contributed by atoms with Crippen LogP contribution in [0, 0.1) is 11.8 Å². The molecule has 1 aromatic carbocycles. The van der Waals surface area contributed by atoms with Gasteiger partial charge < -0.3 is 20.0 Å². The molecule has 2 aliphatic rings. The van der Waals surface area contributed by atoms with Gasteiger partial charge in [-0.2, -0.15) is 0 Å². The summed E-state index contributed by atoms with van der Waals surface area (Å²) >= 11 is 0. The van der Waals surface area contributed by atoms with Gasteiger partial charge in [0.15, 0.2) is 0 Å². The van der Waals surface area contributed by atoms with Crippen LogP contribution in [-0.4, -0.2) is 23.9 Å². The van der Waals surface area contributed by atoms with E-state index in [2.05, 4.69) is 11.1 Å². The molecule has 0 radical (unpaired) electrons. The molecule has 5 heteroatoms. The van der Waals surface area contributed by atoms with Crippen LogP contribution in [-0.2, 0) is 4.79 Å². The lowest BCUT2D eigenvalue weighted by Gasteiger charge is -2.29. The first kappa shape index (κ1) is 17.0. The molecule has 2 N–H and O–H groups in total. The van der Waals surface area contributed by atoms with Crippen molar-refractivity contribution in [1.82, 2.24) is 4.98 Å². The fourth-order valence-electron chi connectivity index (χ4n) is 3.54. The summed E-state index contributed by atoms with van der Waals surface area (Å²) in [4.78, 5) is 15.0. The van der Waals surface area contributed by atoms with Crippen molar-refractivity contribution in [3.63, 3.8) is 0 Å². The molecule has 1 saturated carbocycles. The fraction of sp³-hybridized carbons (Fsp3) is 0.429. The van der Waals surface area contributed by atoms with Crippen LogP contribution in [0.3, 0.4) is 0 Å². The zero-order chi connectivity index (χ0) is 18.1. The minimum absolute atomic E-state index is 0.0510. The van der Waals surface area contributed by atoms with Crippen molar-refractivity contribution in [2.75, 3.05) is 6.61 Å². The van der Waals surface area contributed by atoms with Crippen LogP contribution in [0.5, 0.6) is 11.5 Å². The first-order valence-electron chi connectivity index (χ1n) is 9.24. The van der Waals surface area contributed by atoms with E-state index >= 15 is 0 Å². The van der Waals surface area contributed by atoms with E-state index in [1.54, 1.807) is 0 Å². The standard InChI is InChI=1S/C21H24N2O3/c1-13(11-24)8-15(22)12-25-16-4-5-18-17-6-7-23-10-19(17)21(14-2-3-14)26-20(18)9-16/h4-7,9-11,13-15,21H,2-3,8,12,22H2,1H3/t13?,15-,21?/m0/s1. The second-order valence-corrected chi connectivity index (χ2v) is 7.42. The second-order valence-electron chi connectivity index (χ2n) is 7.42. The number of ether oxygens (including phenoxy) is 2. The Morgan fingerprint density at radius 2 is 2.19 bits per heavy atom. The summed E-state index contributed by atoms with van der Waals surface area (Å²) in [7, 11) is 0. The highest BCUT2D eigenvalue weighted by Gasteiger charge is 2.38. The third-order valence-corrected chi connectivity index (χ3v) is 5.08. The quantitative estimate of drug-likeness (QED) is 0.772. The monoisotopic (exact) mass is 352 g/mol. The molecule has 0 bridgehead atoms. The molecule has 136 valence electrons. The molecule has 4 rings (SSSR count). The van der Waals surface area contributed by atoms with Gasteiger partial charge in [-0.05, 0) is 43.0 Å². The summed E-state index contributed by atoms with van der Waals surface area (Å²) < 4.78 is 12.2. The normalized spacial score (nSPS) is 20.3. The van der Waals surface area contributed by atoms with Crippen molar-refractivity contribution in [2.45, 2.75) is 38.3 Å². The molecule has 1 aliphatic heterocycles. The smallest absolute Gasteiger partial charge is 0.131 e. The zero-order valence-corrected chi connectivity index (χ0v) is 14.9. The van der Waals surface area contributed by atoms with Gasteiger partial charge in [0.05, 0.1) is 0 Å². The highest BCUT2D eigenvalue weighted by molar-refractivity contribution is 5.76. The van der Waals surface area contributed by atoms with E-state index < -0.39 is 0 Å². The topological polar surface area (TPSA) is 74.4 Å². The summed E-state index contributed by atoms with van der Waals surface area (Å²) in [6.45, 7) is 2.24. The average molecular weight is 352 g/mol. The Kier molecular flexibility index (Phi) is 4.64. The van der Waals surface area contributed by atoms with Gasteiger partial charge in [-0.3, -0.25) is 4.98 Å². The summed E-state index contributed by atoms with van der Waals surface area (Å²) in [5.74, 6) is 2.12. The maximum atomic E-state index is 10.7. The van der Waals surface area contributed by atoms with Crippen LogP contribution in [0.4, 0.5) is 0 Å². The number of nitrogens with two attached hydrogens (primary N) is 1. The molecule has 2 aromatic rings. The molecule has 0 saturated heterocycles. The van der Waals surface area contributed by atoms with Crippen LogP contribution in [0.1, 0.15) is 37.9 Å². The minimum Gasteiger partial charge on any atom is -0.492 e. The molecule has 1 aromatic heterocycles. The van der Waals surface area contributed by atoms with Gasteiger partial charge in [-0.25, -0.2) is 0 Å². The summed E-state index contributed by atoms with van der Waals surface area (Å²) in [5.41, 5.74) is 9.50. The van der Waals surface area contributed by atoms with Crippen LogP contribution in [0.25, 0.3) is 11.1 Å². The fourth-order valence-corrected chi connectivity index (χ4v) is 3.54. The number of nitrogens with zero attached hydrogens (tertiary/aromatic N) is 1. The Bertz CT molecular complexity index is 804.